The highest BCUT2D eigenvalue weighted by molar-refractivity contribution is 7.99. The second-order valence-corrected chi connectivity index (χ2v) is 7.53. The van der Waals surface area contributed by atoms with Crippen molar-refractivity contribution in [1.82, 2.24) is 25.3 Å². The van der Waals surface area contributed by atoms with Crippen LogP contribution in [0.25, 0.3) is 10.9 Å². The van der Waals surface area contributed by atoms with Crippen LogP contribution in [0.3, 0.4) is 0 Å². The van der Waals surface area contributed by atoms with Gasteiger partial charge in [0, 0.05) is 18.0 Å². The van der Waals surface area contributed by atoms with Gasteiger partial charge in [0.1, 0.15) is 22.5 Å². The van der Waals surface area contributed by atoms with E-state index in [1.54, 1.807) is 0 Å². The number of nitrogens with zero attached hydrogens (tertiary/aromatic N) is 2. The normalized spacial score (nSPS) is 13.5. The van der Waals surface area contributed by atoms with Crippen LogP contribution in [0.2, 0.25) is 0 Å². The molecular formula is C18H17F2N5O2S. The molecule has 3 N–H and O–H groups in total. The van der Waals surface area contributed by atoms with E-state index < -0.39 is 22.6 Å². The largest absolute Gasteiger partial charge is 0.349 e. The number of H-pyrrole nitrogens is 2. The van der Waals surface area contributed by atoms with Gasteiger partial charge in [0.25, 0.3) is 11.5 Å². The first-order chi connectivity index (χ1) is 13.5. The Labute approximate surface area is 162 Å². The fourth-order valence-corrected chi connectivity index (χ4v) is 3.90. The first kappa shape index (κ1) is 18.6. The number of aromatic amines is 2. The van der Waals surface area contributed by atoms with E-state index in [2.05, 4.69) is 25.3 Å². The summed E-state index contributed by atoms with van der Waals surface area (Å²) >= 11 is 1.13. The Morgan fingerprint density at radius 2 is 1.93 bits per heavy atom. The van der Waals surface area contributed by atoms with Gasteiger partial charge in [-0.25, -0.2) is 18.7 Å². The summed E-state index contributed by atoms with van der Waals surface area (Å²) in [5.41, 5.74) is 0.932. The lowest BCUT2D eigenvalue weighted by Gasteiger charge is -2.07. The highest BCUT2D eigenvalue weighted by atomic mass is 32.2. The number of fused-ring (bicyclic) bond motifs is 2. The number of rotatable bonds is 5. The lowest BCUT2D eigenvalue weighted by atomic mass is 10.0. The number of thioether (sulfide) groups is 1. The number of halogens is 2. The van der Waals surface area contributed by atoms with E-state index in [-0.39, 0.29) is 16.6 Å². The topological polar surface area (TPSA) is 104 Å². The standard InChI is InChI=1S/C18H17F2N5O2S/c19-9-5-6-10(20)14-13(9)16(26)25-18(24-14)28-8-7-21-17(27)15-22-11-3-1-2-4-12(11)23-15/h5-6H,1-4,7-8H2,(H,21,27)(H,22,23)(H,24,25,26). The van der Waals surface area contributed by atoms with E-state index >= 15 is 0 Å². The van der Waals surface area contributed by atoms with Gasteiger partial charge in [-0.05, 0) is 37.8 Å². The van der Waals surface area contributed by atoms with E-state index in [4.69, 9.17) is 0 Å². The molecule has 2 aromatic heterocycles. The molecule has 0 unspecified atom stereocenters. The molecule has 1 amide bonds. The summed E-state index contributed by atoms with van der Waals surface area (Å²) in [6.45, 7) is 0.294. The average molecular weight is 405 g/mol. The highest BCUT2D eigenvalue weighted by Crippen LogP contribution is 2.20. The molecule has 1 aliphatic rings. The van der Waals surface area contributed by atoms with Crippen LogP contribution in [0.4, 0.5) is 8.78 Å². The first-order valence-electron chi connectivity index (χ1n) is 8.89. The van der Waals surface area contributed by atoms with Crippen molar-refractivity contribution >= 4 is 28.6 Å². The van der Waals surface area contributed by atoms with Crippen molar-refractivity contribution in [2.75, 3.05) is 12.3 Å². The van der Waals surface area contributed by atoms with Gasteiger partial charge in [-0.3, -0.25) is 9.59 Å². The van der Waals surface area contributed by atoms with E-state index in [1.165, 1.54) is 0 Å². The summed E-state index contributed by atoms with van der Waals surface area (Å²) in [6, 6.07) is 1.82. The Bertz CT molecular complexity index is 1090. The number of hydrogen-bond donors (Lipinski definition) is 3. The molecular weight excluding hydrogens is 388 g/mol. The maximum absolute atomic E-state index is 13.8. The Balaban J connectivity index is 1.37. The second kappa shape index (κ2) is 7.70. The summed E-state index contributed by atoms with van der Waals surface area (Å²) in [4.78, 5) is 38.0. The Hall–Kier alpha value is -2.75. The monoisotopic (exact) mass is 405 g/mol. The molecule has 0 bridgehead atoms. The van der Waals surface area contributed by atoms with Gasteiger partial charge >= 0.3 is 0 Å². The summed E-state index contributed by atoms with van der Waals surface area (Å²) in [5.74, 6) is -1.21. The molecule has 0 atom stereocenters. The summed E-state index contributed by atoms with van der Waals surface area (Å²) in [5, 5.41) is 2.50. The third-order valence-electron chi connectivity index (χ3n) is 4.53. The zero-order valence-corrected chi connectivity index (χ0v) is 15.6. The minimum absolute atomic E-state index is 0.157. The maximum Gasteiger partial charge on any atom is 0.287 e. The highest BCUT2D eigenvalue weighted by Gasteiger charge is 2.18. The molecule has 3 aromatic rings. The number of carbonyl (C=O) groups excluding carboxylic acids is 1. The number of carbonyl (C=O) groups is 1. The van der Waals surface area contributed by atoms with E-state index in [0.717, 1.165) is 61.0 Å². The zero-order valence-electron chi connectivity index (χ0n) is 14.8. The van der Waals surface area contributed by atoms with Crippen molar-refractivity contribution < 1.29 is 13.6 Å². The molecule has 7 nitrogen and oxygen atoms in total. The van der Waals surface area contributed by atoms with Crippen molar-refractivity contribution in [2.45, 2.75) is 30.8 Å². The lowest BCUT2D eigenvalue weighted by molar-refractivity contribution is 0.0946. The van der Waals surface area contributed by atoms with Crippen molar-refractivity contribution in [3.05, 3.63) is 51.3 Å². The number of aromatic nitrogens is 4. The third kappa shape index (κ3) is 3.64. The molecule has 0 radical (unpaired) electrons. The van der Waals surface area contributed by atoms with Gasteiger partial charge < -0.3 is 15.3 Å². The zero-order chi connectivity index (χ0) is 19.7. The molecule has 1 aliphatic carbocycles. The molecule has 0 saturated heterocycles. The molecule has 2 heterocycles. The van der Waals surface area contributed by atoms with Gasteiger partial charge in [-0.2, -0.15) is 0 Å². The van der Waals surface area contributed by atoms with Gasteiger partial charge in [-0.1, -0.05) is 11.8 Å². The molecule has 0 fully saturated rings. The Morgan fingerprint density at radius 1 is 1.14 bits per heavy atom. The molecule has 0 aliphatic heterocycles. The smallest absolute Gasteiger partial charge is 0.287 e. The van der Waals surface area contributed by atoms with Crippen LogP contribution in [-0.4, -0.2) is 38.1 Å². The number of benzene rings is 1. The van der Waals surface area contributed by atoms with Gasteiger partial charge in [0.2, 0.25) is 0 Å². The SMILES string of the molecule is O=C(NCCSc1nc2c(F)ccc(F)c2c(=O)[nH]1)c1nc2c([nH]1)CCCC2. The van der Waals surface area contributed by atoms with Crippen LogP contribution in [0.1, 0.15) is 34.8 Å². The summed E-state index contributed by atoms with van der Waals surface area (Å²) < 4.78 is 27.6. The van der Waals surface area contributed by atoms with Gasteiger partial charge in [-0.15, -0.1) is 0 Å². The van der Waals surface area contributed by atoms with Gasteiger partial charge in [0.05, 0.1) is 5.69 Å². The molecule has 0 saturated carbocycles. The average Bonchev–Trinajstić information content (AvgIpc) is 3.12. The maximum atomic E-state index is 13.8. The molecule has 0 spiro atoms. The second-order valence-electron chi connectivity index (χ2n) is 6.45. The van der Waals surface area contributed by atoms with E-state index in [9.17, 15) is 18.4 Å². The molecule has 10 heteroatoms. The van der Waals surface area contributed by atoms with Gasteiger partial charge in [0.15, 0.2) is 11.0 Å². The van der Waals surface area contributed by atoms with Crippen LogP contribution in [-0.2, 0) is 12.8 Å². The minimum Gasteiger partial charge on any atom is -0.349 e. The fraction of sp³-hybridized carbons (Fsp3) is 0.333. The first-order valence-corrected chi connectivity index (χ1v) is 9.88. The van der Waals surface area contributed by atoms with Crippen LogP contribution in [0.15, 0.2) is 22.1 Å². The Kier molecular flexibility index (Phi) is 5.12. The molecule has 28 heavy (non-hydrogen) atoms. The number of nitrogens with one attached hydrogen (secondary N) is 3. The fourth-order valence-electron chi connectivity index (χ4n) is 3.18. The predicted molar refractivity (Wildman–Crippen MR) is 101 cm³/mol. The minimum atomic E-state index is -0.824. The summed E-state index contributed by atoms with van der Waals surface area (Å²) in [6.07, 6.45) is 3.96. The quantitative estimate of drug-likeness (QED) is 0.343. The van der Waals surface area contributed by atoms with E-state index in [0.29, 0.717) is 18.1 Å². The van der Waals surface area contributed by atoms with Crippen LogP contribution in [0.5, 0.6) is 0 Å². The van der Waals surface area contributed by atoms with Crippen LogP contribution >= 0.6 is 11.8 Å². The molecule has 4 rings (SSSR count). The Morgan fingerprint density at radius 3 is 2.75 bits per heavy atom. The van der Waals surface area contributed by atoms with Crippen molar-refractivity contribution in [3.8, 4) is 0 Å². The lowest BCUT2D eigenvalue weighted by Crippen LogP contribution is -2.27. The van der Waals surface area contributed by atoms with E-state index in [1.807, 2.05) is 0 Å². The molecule has 146 valence electrons. The number of aryl methyl sites for hydroxylation is 2. The van der Waals surface area contributed by atoms with Crippen LogP contribution < -0.4 is 10.9 Å². The number of hydrogen-bond acceptors (Lipinski definition) is 5. The number of amides is 1. The van der Waals surface area contributed by atoms with Crippen molar-refractivity contribution in [2.24, 2.45) is 0 Å². The third-order valence-corrected chi connectivity index (χ3v) is 5.41. The number of imidazole rings is 1. The summed E-state index contributed by atoms with van der Waals surface area (Å²) in [7, 11) is 0. The predicted octanol–water partition coefficient (Wildman–Crippen LogP) is 2.33. The van der Waals surface area contributed by atoms with Crippen molar-refractivity contribution in [1.29, 1.82) is 0 Å². The van der Waals surface area contributed by atoms with Crippen molar-refractivity contribution in [3.63, 3.8) is 0 Å². The molecule has 1 aromatic carbocycles. The van der Waals surface area contributed by atoms with Crippen LogP contribution in [0, 0.1) is 11.6 Å².